The van der Waals surface area contributed by atoms with Gasteiger partial charge >= 0.3 is 0 Å². The fraction of sp³-hybridized carbons (Fsp3) is 0. The van der Waals surface area contributed by atoms with E-state index in [1.165, 1.54) is 0 Å². The van der Waals surface area contributed by atoms with Crippen molar-refractivity contribution >= 4 is 22.5 Å². The van der Waals surface area contributed by atoms with E-state index in [0.717, 1.165) is 10.9 Å². The van der Waals surface area contributed by atoms with Crippen LogP contribution in [0.15, 0.2) is 42.7 Å². The van der Waals surface area contributed by atoms with Crippen LogP contribution in [-0.2, 0) is 0 Å². The Bertz CT molecular complexity index is 778. The third-order valence-corrected chi connectivity index (χ3v) is 2.85. The van der Waals surface area contributed by atoms with Crippen LogP contribution in [0.5, 0.6) is 0 Å². The van der Waals surface area contributed by atoms with E-state index in [2.05, 4.69) is 10.1 Å². The molecule has 0 unspecified atom stereocenters. The van der Waals surface area contributed by atoms with Gasteiger partial charge in [0.1, 0.15) is 5.69 Å². The van der Waals surface area contributed by atoms with Crippen LogP contribution in [0.25, 0.3) is 16.6 Å². The predicted octanol–water partition coefficient (Wildman–Crippen LogP) is 1.10. The van der Waals surface area contributed by atoms with E-state index in [9.17, 15) is 4.79 Å². The molecule has 0 aliphatic rings. The molecule has 0 bridgehead atoms. The van der Waals surface area contributed by atoms with Gasteiger partial charge in [0.15, 0.2) is 0 Å². The van der Waals surface area contributed by atoms with Gasteiger partial charge in [0.2, 0.25) is 0 Å². The van der Waals surface area contributed by atoms with E-state index in [1.54, 1.807) is 23.1 Å². The minimum absolute atomic E-state index is 0.195. The number of pyridine rings is 1. The maximum absolute atomic E-state index is 11.1. The van der Waals surface area contributed by atoms with Crippen LogP contribution in [-0.4, -0.2) is 20.7 Å². The predicted molar refractivity (Wildman–Crippen MR) is 71.8 cm³/mol. The Morgan fingerprint density at radius 2 is 2.00 bits per heavy atom. The van der Waals surface area contributed by atoms with Crippen molar-refractivity contribution in [1.29, 1.82) is 0 Å². The van der Waals surface area contributed by atoms with Crippen molar-refractivity contribution in [3.63, 3.8) is 0 Å². The number of hydrogen-bond donors (Lipinski definition) is 2. The number of para-hydroxylation sites is 1. The minimum atomic E-state index is -0.573. The quantitative estimate of drug-likeness (QED) is 0.714. The lowest BCUT2D eigenvalue weighted by molar-refractivity contribution is 0.0995. The van der Waals surface area contributed by atoms with Crippen molar-refractivity contribution in [3.8, 4) is 5.69 Å². The molecule has 2 aromatic heterocycles. The third-order valence-electron chi connectivity index (χ3n) is 2.85. The molecule has 6 nitrogen and oxygen atoms in total. The van der Waals surface area contributed by atoms with E-state index < -0.39 is 5.91 Å². The normalized spacial score (nSPS) is 10.7. The first kappa shape index (κ1) is 11.2. The lowest BCUT2D eigenvalue weighted by Crippen LogP contribution is -2.12. The zero-order valence-electron chi connectivity index (χ0n) is 9.95. The number of nitrogen functional groups attached to an aromatic ring is 1. The van der Waals surface area contributed by atoms with Crippen molar-refractivity contribution in [1.82, 2.24) is 14.8 Å². The molecule has 0 spiro atoms. The molecule has 0 radical (unpaired) electrons. The maximum Gasteiger partial charge on any atom is 0.269 e. The number of aromatic nitrogens is 3. The molecule has 1 amide bonds. The highest BCUT2D eigenvalue weighted by molar-refractivity contribution is 5.93. The van der Waals surface area contributed by atoms with Crippen LogP contribution in [0.2, 0.25) is 0 Å². The first-order valence-electron chi connectivity index (χ1n) is 5.66. The minimum Gasteiger partial charge on any atom is -0.396 e. The summed E-state index contributed by atoms with van der Waals surface area (Å²) in [5.74, 6) is -0.573. The number of nitrogens with zero attached hydrogens (tertiary/aromatic N) is 3. The molecule has 0 saturated heterocycles. The fourth-order valence-electron chi connectivity index (χ4n) is 1.98. The molecule has 0 saturated carbocycles. The van der Waals surface area contributed by atoms with Crippen LogP contribution in [0.4, 0.5) is 5.69 Å². The second kappa shape index (κ2) is 4.09. The summed E-state index contributed by atoms with van der Waals surface area (Å²) < 4.78 is 1.54. The molecular weight excluding hydrogens is 242 g/mol. The summed E-state index contributed by atoms with van der Waals surface area (Å²) in [6, 6.07) is 9.13. The van der Waals surface area contributed by atoms with Crippen molar-refractivity contribution in [2.45, 2.75) is 0 Å². The van der Waals surface area contributed by atoms with Gasteiger partial charge < -0.3 is 11.5 Å². The number of rotatable bonds is 2. The van der Waals surface area contributed by atoms with Gasteiger partial charge in [0.25, 0.3) is 5.91 Å². The van der Waals surface area contributed by atoms with Gasteiger partial charge in [0, 0.05) is 11.6 Å². The van der Waals surface area contributed by atoms with Crippen molar-refractivity contribution in [3.05, 3.63) is 48.4 Å². The average Bonchev–Trinajstić information content (AvgIpc) is 2.88. The Morgan fingerprint density at radius 3 is 2.74 bits per heavy atom. The lowest BCUT2D eigenvalue weighted by atomic mass is 10.1. The van der Waals surface area contributed by atoms with Gasteiger partial charge in [-0.25, -0.2) is 4.68 Å². The summed E-state index contributed by atoms with van der Waals surface area (Å²) in [5, 5.41) is 4.99. The van der Waals surface area contributed by atoms with Crippen LogP contribution < -0.4 is 11.5 Å². The van der Waals surface area contributed by atoms with E-state index in [0.29, 0.717) is 11.4 Å². The van der Waals surface area contributed by atoms with Crippen molar-refractivity contribution < 1.29 is 4.79 Å². The zero-order valence-corrected chi connectivity index (χ0v) is 9.95. The van der Waals surface area contributed by atoms with Gasteiger partial charge in [-0.1, -0.05) is 18.2 Å². The summed E-state index contributed by atoms with van der Waals surface area (Å²) >= 11 is 0. The third kappa shape index (κ3) is 1.79. The maximum atomic E-state index is 11.1. The van der Waals surface area contributed by atoms with Gasteiger partial charge in [-0.05, 0) is 12.1 Å². The molecule has 0 aliphatic carbocycles. The molecule has 3 rings (SSSR count). The number of amides is 1. The fourth-order valence-corrected chi connectivity index (χ4v) is 1.98. The number of carbonyl (C=O) groups is 1. The molecule has 6 heteroatoms. The Morgan fingerprint density at radius 1 is 1.21 bits per heavy atom. The number of fused-ring (bicyclic) bond motifs is 1. The van der Waals surface area contributed by atoms with Gasteiger partial charge in [-0.3, -0.25) is 9.78 Å². The van der Waals surface area contributed by atoms with E-state index in [4.69, 9.17) is 11.5 Å². The second-order valence-corrected chi connectivity index (χ2v) is 4.09. The molecule has 1 aromatic carbocycles. The molecule has 0 atom stereocenters. The van der Waals surface area contributed by atoms with Crippen molar-refractivity contribution in [2.24, 2.45) is 5.73 Å². The average molecular weight is 253 g/mol. The van der Waals surface area contributed by atoms with Crippen LogP contribution in [0.1, 0.15) is 10.5 Å². The second-order valence-electron chi connectivity index (χ2n) is 4.09. The van der Waals surface area contributed by atoms with E-state index in [1.807, 2.05) is 24.3 Å². The number of benzene rings is 1. The SMILES string of the molecule is NC(=O)c1ccn(-c2c(N)cnc3ccccc23)n1. The summed E-state index contributed by atoms with van der Waals surface area (Å²) in [6.07, 6.45) is 3.22. The molecular formula is C13H11N5O. The van der Waals surface area contributed by atoms with Crippen LogP contribution in [0.3, 0.4) is 0 Å². The van der Waals surface area contributed by atoms with Gasteiger partial charge in [0.05, 0.1) is 23.1 Å². The summed E-state index contributed by atoms with van der Waals surface area (Å²) in [5.41, 5.74) is 13.3. The molecule has 0 aliphatic heterocycles. The Balaban J connectivity index is 2.28. The number of carbonyl (C=O) groups excluding carboxylic acids is 1. The lowest BCUT2D eigenvalue weighted by Gasteiger charge is -2.09. The number of hydrogen-bond acceptors (Lipinski definition) is 4. The van der Waals surface area contributed by atoms with Crippen LogP contribution >= 0.6 is 0 Å². The number of nitrogens with two attached hydrogens (primary N) is 2. The summed E-state index contributed by atoms with van der Waals surface area (Å²) in [4.78, 5) is 15.3. The molecule has 4 N–H and O–H groups in total. The first-order chi connectivity index (χ1) is 9.16. The Hall–Kier alpha value is -2.89. The highest BCUT2D eigenvalue weighted by Gasteiger charge is 2.11. The van der Waals surface area contributed by atoms with Gasteiger partial charge in [-0.15, -0.1) is 0 Å². The van der Waals surface area contributed by atoms with Crippen LogP contribution in [0, 0.1) is 0 Å². The number of anilines is 1. The molecule has 19 heavy (non-hydrogen) atoms. The van der Waals surface area contributed by atoms with E-state index >= 15 is 0 Å². The molecule has 2 heterocycles. The molecule has 0 fully saturated rings. The highest BCUT2D eigenvalue weighted by Crippen LogP contribution is 2.25. The first-order valence-corrected chi connectivity index (χ1v) is 5.66. The largest absolute Gasteiger partial charge is 0.396 e. The Labute approximate surface area is 108 Å². The van der Waals surface area contributed by atoms with Gasteiger partial charge in [-0.2, -0.15) is 5.10 Å². The summed E-state index contributed by atoms with van der Waals surface area (Å²) in [7, 11) is 0. The molecule has 94 valence electrons. The van der Waals surface area contributed by atoms with Crippen molar-refractivity contribution in [2.75, 3.05) is 5.73 Å². The Kier molecular flexibility index (Phi) is 2.42. The van der Waals surface area contributed by atoms with E-state index in [-0.39, 0.29) is 5.69 Å². The standard InChI is InChI=1S/C13H11N5O/c14-9-7-16-10-4-2-1-3-8(10)12(9)18-6-5-11(17-18)13(15)19/h1-7H,14H2,(H2,15,19). The monoisotopic (exact) mass is 253 g/mol. The summed E-state index contributed by atoms with van der Waals surface area (Å²) in [6.45, 7) is 0. The highest BCUT2D eigenvalue weighted by atomic mass is 16.1. The number of primary amides is 1. The topological polar surface area (TPSA) is 99.8 Å². The smallest absolute Gasteiger partial charge is 0.269 e. The molecule has 3 aromatic rings. The zero-order chi connectivity index (χ0) is 13.4.